The Kier molecular flexibility index (Phi) is 3.13. The highest BCUT2D eigenvalue weighted by Crippen LogP contribution is 2.22. The third-order valence-electron chi connectivity index (χ3n) is 3.35. The molecule has 1 aliphatic rings. The van der Waals surface area contributed by atoms with Crippen molar-refractivity contribution in [2.45, 2.75) is 0 Å². The van der Waals surface area contributed by atoms with E-state index in [0.717, 1.165) is 26.2 Å². The number of hydrogen-bond acceptors (Lipinski definition) is 5. The molecule has 0 aliphatic carbocycles. The molecular weight excluding hydrogens is 244 g/mol. The fourth-order valence-corrected chi connectivity index (χ4v) is 2.29. The Balaban J connectivity index is 2.06. The van der Waals surface area contributed by atoms with Gasteiger partial charge in [0.2, 0.25) is 0 Å². The summed E-state index contributed by atoms with van der Waals surface area (Å²) in [6.07, 6.45) is 0. The molecule has 1 N–H and O–H groups in total. The van der Waals surface area contributed by atoms with E-state index >= 15 is 0 Å². The molecule has 19 heavy (non-hydrogen) atoms. The number of nitrogens with zero attached hydrogens (tertiary/aromatic N) is 1. The highest BCUT2D eigenvalue weighted by atomic mass is 16.5. The zero-order valence-electron chi connectivity index (χ0n) is 10.8. The van der Waals surface area contributed by atoms with Crippen LogP contribution in [-0.4, -0.2) is 33.3 Å². The van der Waals surface area contributed by atoms with Crippen LogP contribution in [0.1, 0.15) is 0 Å². The van der Waals surface area contributed by atoms with Crippen LogP contribution in [0.4, 0.5) is 5.88 Å². The van der Waals surface area contributed by atoms with Crippen LogP contribution in [0.25, 0.3) is 11.0 Å². The zero-order valence-corrected chi connectivity index (χ0v) is 10.8. The number of anilines is 1. The van der Waals surface area contributed by atoms with Gasteiger partial charge in [0.05, 0.1) is 12.5 Å². The summed E-state index contributed by atoms with van der Waals surface area (Å²) >= 11 is 0. The van der Waals surface area contributed by atoms with Crippen LogP contribution in [0, 0.1) is 0 Å². The van der Waals surface area contributed by atoms with E-state index < -0.39 is 0 Å². The first-order valence-electron chi connectivity index (χ1n) is 6.35. The van der Waals surface area contributed by atoms with E-state index in [1.165, 1.54) is 0 Å². The SMILES string of the molecule is COc1ccc2oc(N3CCNCC3)cc(=O)c2c1. The molecule has 2 heterocycles. The van der Waals surface area contributed by atoms with Crippen molar-refractivity contribution in [3.8, 4) is 5.75 Å². The third-order valence-corrected chi connectivity index (χ3v) is 3.35. The number of hydrogen-bond donors (Lipinski definition) is 1. The molecule has 0 radical (unpaired) electrons. The summed E-state index contributed by atoms with van der Waals surface area (Å²) in [5.74, 6) is 1.30. The summed E-state index contributed by atoms with van der Waals surface area (Å²) in [5.41, 5.74) is 0.565. The molecule has 0 unspecified atom stereocenters. The van der Waals surface area contributed by atoms with Gasteiger partial charge in [-0.2, -0.15) is 0 Å². The lowest BCUT2D eigenvalue weighted by molar-refractivity contribution is 0.415. The number of nitrogens with one attached hydrogen (secondary N) is 1. The van der Waals surface area contributed by atoms with Gasteiger partial charge in [0, 0.05) is 32.2 Å². The quantitative estimate of drug-likeness (QED) is 0.879. The standard InChI is InChI=1S/C14H16N2O3/c1-18-10-2-3-13-11(8-10)12(17)9-14(19-13)16-6-4-15-5-7-16/h2-3,8-9,15H,4-7H2,1H3. The fraction of sp³-hybridized carbons (Fsp3) is 0.357. The number of fused-ring (bicyclic) bond motifs is 1. The Hall–Kier alpha value is -2.01. The predicted octanol–water partition coefficient (Wildman–Crippen LogP) is 1.21. The van der Waals surface area contributed by atoms with E-state index in [1.807, 2.05) is 0 Å². The summed E-state index contributed by atoms with van der Waals surface area (Å²) < 4.78 is 10.9. The Morgan fingerprint density at radius 2 is 2.05 bits per heavy atom. The molecule has 1 saturated heterocycles. The number of ether oxygens (including phenoxy) is 1. The van der Waals surface area contributed by atoms with Crippen LogP contribution in [-0.2, 0) is 0 Å². The van der Waals surface area contributed by atoms with Gasteiger partial charge in [0.1, 0.15) is 11.3 Å². The Bertz CT molecular complexity index is 645. The van der Waals surface area contributed by atoms with Crippen LogP contribution in [0.3, 0.4) is 0 Å². The molecule has 2 aromatic rings. The van der Waals surface area contributed by atoms with Gasteiger partial charge in [-0.15, -0.1) is 0 Å². The molecule has 1 aliphatic heterocycles. The van der Waals surface area contributed by atoms with Crippen molar-refractivity contribution in [3.05, 3.63) is 34.5 Å². The number of benzene rings is 1. The maximum Gasteiger partial charge on any atom is 0.200 e. The van der Waals surface area contributed by atoms with Gasteiger partial charge in [-0.25, -0.2) is 0 Å². The molecule has 0 atom stereocenters. The molecule has 0 amide bonds. The van der Waals surface area contributed by atoms with Gasteiger partial charge < -0.3 is 19.4 Å². The predicted molar refractivity (Wildman–Crippen MR) is 74.1 cm³/mol. The van der Waals surface area contributed by atoms with Gasteiger partial charge in [0.25, 0.3) is 0 Å². The van der Waals surface area contributed by atoms with Crippen LogP contribution in [0.15, 0.2) is 33.5 Å². The van der Waals surface area contributed by atoms with Crippen molar-refractivity contribution in [2.75, 3.05) is 38.2 Å². The largest absolute Gasteiger partial charge is 0.497 e. The maximum atomic E-state index is 12.2. The Labute approximate surface area is 110 Å². The van der Waals surface area contributed by atoms with Crippen molar-refractivity contribution in [2.24, 2.45) is 0 Å². The number of piperazine rings is 1. The molecular formula is C14H16N2O3. The molecule has 100 valence electrons. The second-order valence-corrected chi connectivity index (χ2v) is 4.55. The normalized spacial score (nSPS) is 15.7. The first-order valence-corrected chi connectivity index (χ1v) is 6.35. The molecule has 1 fully saturated rings. The van der Waals surface area contributed by atoms with E-state index in [-0.39, 0.29) is 5.43 Å². The Morgan fingerprint density at radius 3 is 2.79 bits per heavy atom. The average Bonchev–Trinajstić information content (AvgIpc) is 2.48. The van der Waals surface area contributed by atoms with E-state index in [4.69, 9.17) is 9.15 Å². The molecule has 0 bridgehead atoms. The minimum Gasteiger partial charge on any atom is -0.497 e. The van der Waals surface area contributed by atoms with Gasteiger partial charge in [-0.3, -0.25) is 4.79 Å². The lowest BCUT2D eigenvalue weighted by Gasteiger charge is -2.27. The summed E-state index contributed by atoms with van der Waals surface area (Å²) in [4.78, 5) is 14.2. The molecule has 1 aromatic carbocycles. The molecule has 1 aromatic heterocycles. The van der Waals surface area contributed by atoms with E-state index in [2.05, 4.69) is 10.2 Å². The highest BCUT2D eigenvalue weighted by Gasteiger charge is 2.14. The summed E-state index contributed by atoms with van der Waals surface area (Å²) in [5, 5.41) is 3.83. The van der Waals surface area contributed by atoms with Crippen molar-refractivity contribution in [1.29, 1.82) is 0 Å². The van der Waals surface area contributed by atoms with E-state index in [0.29, 0.717) is 22.6 Å². The third kappa shape index (κ3) is 2.29. The summed E-state index contributed by atoms with van der Waals surface area (Å²) in [6, 6.07) is 6.85. The average molecular weight is 260 g/mol. The van der Waals surface area contributed by atoms with Crippen molar-refractivity contribution < 1.29 is 9.15 Å². The zero-order chi connectivity index (χ0) is 13.2. The van der Waals surface area contributed by atoms with Crippen molar-refractivity contribution in [1.82, 2.24) is 5.32 Å². The summed E-state index contributed by atoms with van der Waals surface area (Å²) in [7, 11) is 1.58. The lowest BCUT2D eigenvalue weighted by atomic mass is 10.2. The van der Waals surface area contributed by atoms with Gasteiger partial charge >= 0.3 is 0 Å². The van der Waals surface area contributed by atoms with Crippen molar-refractivity contribution >= 4 is 16.9 Å². The Morgan fingerprint density at radius 1 is 1.26 bits per heavy atom. The first kappa shape index (κ1) is 12.0. The van der Waals surface area contributed by atoms with Crippen molar-refractivity contribution in [3.63, 3.8) is 0 Å². The lowest BCUT2D eigenvalue weighted by Crippen LogP contribution is -2.43. The van der Waals surface area contributed by atoms with Gasteiger partial charge in [0.15, 0.2) is 11.3 Å². The second kappa shape index (κ2) is 4.93. The fourth-order valence-electron chi connectivity index (χ4n) is 2.29. The minimum absolute atomic E-state index is 0.0336. The maximum absolute atomic E-state index is 12.2. The minimum atomic E-state index is -0.0336. The van der Waals surface area contributed by atoms with Crippen LogP contribution in [0.5, 0.6) is 5.75 Å². The smallest absolute Gasteiger partial charge is 0.200 e. The highest BCUT2D eigenvalue weighted by molar-refractivity contribution is 5.79. The first-order chi connectivity index (χ1) is 9.28. The van der Waals surface area contributed by atoms with Gasteiger partial charge in [-0.1, -0.05) is 0 Å². The van der Waals surface area contributed by atoms with E-state index in [9.17, 15) is 4.79 Å². The molecule has 0 saturated carbocycles. The number of methoxy groups -OCH3 is 1. The van der Waals surface area contributed by atoms with Crippen LogP contribution < -0.4 is 20.4 Å². The topological polar surface area (TPSA) is 54.7 Å². The molecule has 3 rings (SSSR count). The van der Waals surface area contributed by atoms with E-state index in [1.54, 1.807) is 31.4 Å². The molecule has 5 nitrogen and oxygen atoms in total. The summed E-state index contributed by atoms with van der Waals surface area (Å²) in [6.45, 7) is 3.52. The second-order valence-electron chi connectivity index (χ2n) is 4.55. The molecule has 0 spiro atoms. The monoisotopic (exact) mass is 260 g/mol. The van der Waals surface area contributed by atoms with Gasteiger partial charge in [-0.05, 0) is 18.2 Å². The van der Waals surface area contributed by atoms with Crippen LogP contribution >= 0.6 is 0 Å². The molecule has 5 heteroatoms. The number of rotatable bonds is 2. The van der Waals surface area contributed by atoms with Crippen LogP contribution in [0.2, 0.25) is 0 Å².